The Morgan fingerprint density at radius 2 is 2.05 bits per heavy atom. The van der Waals surface area contributed by atoms with E-state index in [1.807, 2.05) is 12.1 Å². The summed E-state index contributed by atoms with van der Waals surface area (Å²) in [5.41, 5.74) is 1.22. The first-order chi connectivity index (χ1) is 9.04. The molecule has 1 fully saturated rings. The molecule has 1 aromatic rings. The zero-order valence-electron chi connectivity index (χ0n) is 11.6. The van der Waals surface area contributed by atoms with E-state index in [-0.39, 0.29) is 0 Å². The van der Waals surface area contributed by atoms with Gasteiger partial charge in [0.15, 0.2) is 0 Å². The standard InChI is InChI=1S/C15H22ClIN2/c1-11(2)10-19-7-5-13(6-8-19)18-15-4-3-12(16)9-14(15)17/h3-4,9,11,13,18H,5-8,10H2,1-2H3. The van der Waals surface area contributed by atoms with Gasteiger partial charge < -0.3 is 10.2 Å². The van der Waals surface area contributed by atoms with Crippen molar-refractivity contribution in [3.63, 3.8) is 0 Å². The molecule has 0 radical (unpaired) electrons. The van der Waals surface area contributed by atoms with Crippen LogP contribution in [0.4, 0.5) is 5.69 Å². The highest BCUT2D eigenvalue weighted by Gasteiger charge is 2.19. The molecular formula is C15H22ClIN2. The van der Waals surface area contributed by atoms with Crippen molar-refractivity contribution < 1.29 is 0 Å². The number of hydrogen-bond donors (Lipinski definition) is 1. The number of anilines is 1. The molecule has 2 nitrogen and oxygen atoms in total. The number of rotatable bonds is 4. The maximum absolute atomic E-state index is 5.99. The third-order valence-corrected chi connectivity index (χ3v) is 4.63. The average molecular weight is 393 g/mol. The normalized spacial score (nSPS) is 17.9. The molecule has 0 saturated carbocycles. The Morgan fingerprint density at radius 1 is 1.37 bits per heavy atom. The molecule has 19 heavy (non-hydrogen) atoms. The molecule has 1 aliphatic rings. The van der Waals surface area contributed by atoms with Crippen molar-refractivity contribution in [1.29, 1.82) is 0 Å². The lowest BCUT2D eigenvalue weighted by Gasteiger charge is -2.34. The minimum atomic E-state index is 0.595. The summed E-state index contributed by atoms with van der Waals surface area (Å²) in [6.45, 7) is 8.23. The number of halogens is 2. The predicted octanol–water partition coefficient (Wildman–Crippen LogP) is 4.48. The summed E-state index contributed by atoms with van der Waals surface area (Å²) in [6.07, 6.45) is 2.46. The number of benzene rings is 1. The van der Waals surface area contributed by atoms with Crippen LogP contribution in [0.2, 0.25) is 5.02 Å². The molecular weight excluding hydrogens is 371 g/mol. The molecule has 1 N–H and O–H groups in total. The number of nitrogens with zero attached hydrogens (tertiary/aromatic N) is 1. The van der Waals surface area contributed by atoms with Gasteiger partial charge in [-0.1, -0.05) is 25.4 Å². The van der Waals surface area contributed by atoms with E-state index in [0.717, 1.165) is 10.9 Å². The van der Waals surface area contributed by atoms with Crippen molar-refractivity contribution in [2.75, 3.05) is 25.0 Å². The van der Waals surface area contributed by atoms with E-state index < -0.39 is 0 Å². The van der Waals surface area contributed by atoms with Crippen molar-refractivity contribution in [3.8, 4) is 0 Å². The summed E-state index contributed by atoms with van der Waals surface area (Å²) >= 11 is 8.33. The lowest BCUT2D eigenvalue weighted by Crippen LogP contribution is -2.40. The van der Waals surface area contributed by atoms with Crippen LogP contribution >= 0.6 is 34.2 Å². The number of piperidine rings is 1. The molecule has 0 spiro atoms. The maximum Gasteiger partial charge on any atom is 0.0479 e. The van der Waals surface area contributed by atoms with Gasteiger partial charge in [-0.3, -0.25) is 0 Å². The van der Waals surface area contributed by atoms with Crippen LogP contribution in [-0.2, 0) is 0 Å². The highest BCUT2D eigenvalue weighted by atomic mass is 127. The average Bonchev–Trinajstić information content (AvgIpc) is 2.34. The summed E-state index contributed by atoms with van der Waals surface area (Å²) in [5, 5.41) is 4.46. The first-order valence-corrected chi connectivity index (χ1v) is 8.44. The first kappa shape index (κ1) is 15.4. The van der Waals surface area contributed by atoms with Gasteiger partial charge in [-0.2, -0.15) is 0 Å². The molecule has 0 unspecified atom stereocenters. The van der Waals surface area contributed by atoms with Gasteiger partial charge in [-0.05, 0) is 59.5 Å². The van der Waals surface area contributed by atoms with E-state index in [4.69, 9.17) is 11.6 Å². The predicted molar refractivity (Wildman–Crippen MR) is 92.1 cm³/mol. The lowest BCUT2D eigenvalue weighted by molar-refractivity contribution is 0.198. The first-order valence-electron chi connectivity index (χ1n) is 6.98. The zero-order valence-corrected chi connectivity index (χ0v) is 14.5. The Morgan fingerprint density at radius 3 is 2.63 bits per heavy atom. The highest BCUT2D eigenvalue weighted by Crippen LogP contribution is 2.25. The van der Waals surface area contributed by atoms with Gasteiger partial charge >= 0.3 is 0 Å². The maximum atomic E-state index is 5.99. The summed E-state index contributed by atoms with van der Waals surface area (Å²) in [6, 6.07) is 6.65. The molecule has 2 rings (SSSR count). The molecule has 0 aromatic heterocycles. The monoisotopic (exact) mass is 392 g/mol. The summed E-state index contributed by atoms with van der Waals surface area (Å²) in [4.78, 5) is 2.58. The minimum absolute atomic E-state index is 0.595. The van der Waals surface area contributed by atoms with Crippen molar-refractivity contribution in [1.82, 2.24) is 4.90 Å². The molecule has 106 valence electrons. The van der Waals surface area contributed by atoms with E-state index in [1.54, 1.807) is 0 Å². The van der Waals surface area contributed by atoms with Gasteiger partial charge in [0.1, 0.15) is 0 Å². The minimum Gasteiger partial charge on any atom is -0.381 e. The molecule has 1 heterocycles. The molecule has 4 heteroatoms. The fourth-order valence-corrected chi connectivity index (χ4v) is 3.63. The summed E-state index contributed by atoms with van der Waals surface area (Å²) < 4.78 is 1.20. The van der Waals surface area contributed by atoms with E-state index in [1.165, 1.54) is 41.7 Å². The van der Waals surface area contributed by atoms with Crippen LogP contribution in [0.3, 0.4) is 0 Å². The third kappa shape index (κ3) is 4.80. The van der Waals surface area contributed by atoms with Gasteiger partial charge in [-0.25, -0.2) is 0 Å². The lowest BCUT2D eigenvalue weighted by atomic mass is 10.0. The van der Waals surface area contributed by atoms with Crippen LogP contribution < -0.4 is 5.32 Å². The van der Waals surface area contributed by atoms with Crippen molar-refractivity contribution >= 4 is 39.9 Å². The largest absolute Gasteiger partial charge is 0.381 e. The Kier molecular flexibility index (Phi) is 5.78. The Labute approximate surface area is 135 Å². The molecule has 0 amide bonds. The number of hydrogen-bond acceptors (Lipinski definition) is 2. The third-order valence-electron chi connectivity index (χ3n) is 3.50. The topological polar surface area (TPSA) is 15.3 Å². The van der Waals surface area contributed by atoms with Crippen LogP contribution in [0, 0.1) is 9.49 Å². The van der Waals surface area contributed by atoms with Crippen molar-refractivity contribution in [3.05, 3.63) is 26.8 Å². The van der Waals surface area contributed by atoms with Crippen LogP contribution in [0.15, 0.2) is 18.2 Å². The quantitative estimate of drug-likeness (QED) is 0.760. The fourth-order valence-electron chi connectivity index (χ4n) is 2.60. The zero-order chi connectivity index (χ0) is 13.8. The van der Waals surface area contributed by atoms with Gasteiger partial charge in [0.25, 0.3) is 0 Å². The smallest absolute Gasteiger partial charge is 0.0479 e. The van der Waals surface area contributed by atoms with E-state index in [9.17, 15) is 0 Å². The summed E-state index contributed by atoms with van der Waals surface area (Å²) in [5.74, 6) is 0.765. The van der Waals surface area contributed by atoms with Gasteiger partial charge in [0.05, 0.1) is 0 Å². The van der Waals surface area contributed by atoms with E-state index in [2.05, 4.69) is 52.7 Å². The van der Waals surface area contributed by atoms with Gasteiger partial charge in [0, 0.05) is 40.0 Å². The number of nitrogens with one attached hydrogen (secondary N) is 1. The highest BCUT2D eigenvalue weighted by molar-refractivity contribution is 14.1. The van der Waals surface area contributed by atoms with Crippen LogP contribution in [0.1, 0.15) is 26.7 Å². The second kappa shape index (κ2) is 7.14. The molecule has 1 saturated heterocycles. The van der Waals surface area contributed by atoms with Crippen LogP contribution in [-0.4, -0.2) is 30.6 Å². The number of likely N-dealkylation sites (tertiary alicyclic amines) is 1. The Bertz CT molecular complexity index is 415. The Hall–Kier alpha value is -0.000000000000000111. The van der Waals surface area contributed by atoms with E-state index >= 15 is 0 Å². The fraction of sp³-hybridized carbons (Fsp3) is 0.600. The second-order valence-corrected chi connectivity index (χ2v) is 7.34. The van der Waals surface area contributed by atoms with Crippen molar-refractivity contribution in [2.24, 2.45) is 5.92 Å². The molecule has 0 aliphatic carbocycles. The SMILES string of the molecule is CC(C)CN1CCC(Nc2ccc(Cl)cc2I)CC1. The molecule has 1 aromatic carbocycles. The molecule has 0 atom stereocenters. The molecule has 1 aliphatic heterocycles. The Balaban J connectivity index is 1.85. The van der Waals surface area contributed by atoms with Gasteiger partial charge in [0.2, 0.25) is 0 Å². The van der Waals surface area contributed by atoms with Gasteiger partial charge in [-0.15, -0.1) is 0 Å². The molecule has 0 bridgehead atoms. The van der Waals surface area contributed by atoms with Crippen molar-refractivity contribution in [2.45, 2.75) is 32.7 Å². The summed E-state index contributed by atoms with van der Waals surface area (Å²) in [7, 11) is 0. The van der Waals surface area contributed by atoms with Crippen LogP contribution in [0.25, 0.3) is 0 Å². The second-order valence-electron chi connectivity index (χ2n) is 5.74. The van der Waals surface area contributed by atoms with E-state index in [0.29, 0.717) is 6.04 Å². The van der Waals surface area contributed by atoms with Crippen LogP contribution in [0.5, 0.6) is 0 Å².